The number of oxazole rings is 1. The first-order valence-electron chi connectivity index (χ1n) is 14.0. The van der Waals surface area contributed by atoms with Gasteiger partial charge in [-0.2, -0.15) is 0 Å². The van der Waals surface area contributed by atoms with Gasteiger partial charge in [0, 0.05) is 22.4 Å². The highest BCUT2D eigenvalue weighted by molar-refractivity contribution is 6.30. The molecule has 0 N–H and O–H groups in total. The zero-order valence-corrected chi connectivity index (χ0v) is 24.1. The topological polar surface area (TPSA) is 38.4 Å². The molecule has 4 rings (SSSR count). The van der Waals surface area contributed by atoms with Crippen LogP contribution in [0.1, 0.15) is 98.3 Å². The lowest BCUT2D eigenvalue weighted by Crippen LogP contribution is -2.15. The first kappa shape index (κ1) is 29.0. The summed E-state index contributed by atoms with van der Waals surface area (Å²) >= 11 is 5.97. The lowest BCUT2D eigenvalue weighted by atomic mass is 9.86. The number of nitrogens with zero attached hydrogens (tertiary/aromatic N) is 2. The summed E-state index contributed by atoms with van der Waals surface area (Å²) < 4.78 is 5.97. The molecule has 4 heteroatoms. The molecule has 0 saturated heterocycles. The van der Waals surface area contributed by atoms with Gasteiger partial charge in [0.25, 0.3) is 0 Å². The lowest BCUT2D eigenvalue weighted by Gasteiger charge is -2.21. The Labute approximate surface area is 229 Å². The Morgan fingerprint density at radius 2 is 1.76 bits per heavy atom. The second-order valence-corrected chi connectivity index (χ2v) is 10.8. The van der Waals surface area contributed by atoms with Crippen LogP contribution in [0.5, 0.6) is 0 Å². The minimum atomic E-state index is 0.546. The van der Waals surface area contributed by atoms with Gasteiger partial charge in [0.2, 0.25) is 5.89 Å². The van der Waals surface area contributed by atoms with Gasteiger partial charge in [-0.25, -0.2) is 4.98 Å². The summed E-state index contributed by atoms with van der Waals surface area (Å²) in [6, 6.07) is 7.53. The van der Waals surface area contributed by atoms with Crippen molar-refractivity contribution in [2.24, 2.45) is 16.8 Å². The number of aliphatic imine (C=N–C) groups is 1. The summed E-state index contributed by atoms with van der Waals surface area (Å²) in [4.78, 5) is 9.38. The summed E-state index contributed by atoms with van der Waals surface area (Å²) in [5.41, 5.74) is 8.39. The minimum absolute atomic E-state index is 0.546. The lowest BCUT2D eigenvalue weighted by molar-refractivity contribution is 0.438. The first-order chi connectivity index (χ1) is 17.9. The maximum Gasteiger partial charge on any atom is 0.234 e. The van der Waals surface area contributed by atoms with E-state index >= 15 is 0 Å². The van der Waals surface area contributed by atoms with Gasteiger partial charge in [-0.15, -0.1) is 5.73 Å². The number of hydrogen-bond donors (Lipinski definition) is 0. The molecule has 2 aromatic rings. The molecule has 198 valence electrons. The molecular weight excluding hydrogens is 476 g/mol. The summed E-state index contributed by atoms with van der Waals surface area (Å²) in [7, 11) is 0. The number of rotatable bonds is 8. The van der Waals surface area contributed by atoms with Crippen LogP contribution in [0, 0.1) is 11.8 Å². The highest BCUT2D eigenvalue weighted by Gasteiger charge is 2.17. The quantitative estimate of drug-likeness (QED) is 0.257. The molecule has 3 nitrogen and oxygen atoms in total. The highest BCUT2D eigenvalue weighted by Crippen LogP contribution is 2.28. The Morgan fingerprint density at radius 1 is 1.08 bits per heavy atom. The standard InChI is InChI=1S/C25H25ClN2O.C8H18/c1-17-8-9-21(12-15-23(17)28-18(2)19-6-4-3-5-7-19)25-27-16-24(29-25)20-10-13-22(26)14-11-20;1-4-6-8(3)7-5-2/h8-11,13-16,19H,3-7H2,1-2H3;8H,4-7H2,1-3H3. The molecule has 2 aliphatic carbocycles. The van der Waals surface area contributed by atoms with Gasteiger partial charge in [0.15, 0.2) is 5.76 Å². The molecule has 0 atom stereocenters. The zero-order chi connectivity index (χ0) is 26.6. The monoisotopic (exact) mass is 518 g/mol. The van der Waals surface area contributed by atoms with Crippen LogP contribution >= 0.6 is 11.6 Å². The number of allylic oxidation sites excluding steroid dienone is 4. The molecule has 0 aliphatic heterocycles. The second kappa shape index (κ2) is 15.0. The van der Waals surface area contributed by atoms with Crippen LogP contribution in [0.25, 0.3) is 16.9 Å². The molecule has 1 fully saturated rings. The summed E-state index contributed by atoms with van der Waals surface area (Å²) in [6.45, 7) is 11.1. The van der Waals surface area contributed by atoms with Crippen molar-refractivity contribution in [1.82, 2.24) is 4.98 Å². The molecule has 1 aromatic carbocycles. The van der Waals surface area contributed by atoms with Crippen molar-refractivity contribution in [3.63, 3.8) is 0 Å². The van der Waals surface area contributed by atoms with Crippen LogP contribution < -0.4 is 0 Å². The third-order valence-electron chi connectivity index (χ3n) is 7.19. The summed E-state index contributed by atoms with van der Waals surface area (Å²) in [6.07, 6.45) is 19.7. The van der Waals surface area contributed by atoms with Gasteiger partial charge in [-0.3, -0.25) is 4.99 Å². The van der Waals surface area contributed by atoms with Crippen LogP contribution in [0.3, 0.4) is 0 Å². The summed E-state index contributed by atoms with van der Waals surface area (Å²) in [5.74, 6) is 2.83. The first-order valence-corrected chi connectivity index (χ1v) is 14.4. The van der Waals surface area contributed by atoms with Gasteiger partial charge >= 0.3 is 0 Å². The molecular formula is C33H43ClN2O. The molecule has 0 unspecified atom stereocenters. The van der Waals surface area contributed by atoms with E-state index in [2.05, 4.69) is 51.4 Å². The van der Waals surface area contributed by atoms with E-state index in [1.165, 1.54) is 63.5 Å². The minimum Gasteiger partial charge on any atom is -0.436 e. The van der Waals surface area contributed by atoms with E-state index in [0.29, 0.717) is 22.6 Å². The van der Waals surface area contributed by atoms with Gasteiger partial charge < -0.3 is 4.42 Å². The molecule has 1 aromatic heterocycles. The van der Waals surface area contributed by atoms with Crippen molar-refractivity contribution in [2.75, 3.05) is 0 Å². The number of halogens is 1. The Bertz CT molecular complexity index is 1150. The van der Waals surface area contributed by atoms with Crippen molar-refractivity contribution in [3.8, 4) is 11.3 Å². The fraction of sp³-hybridized carbons (Fsp3) is 0.485. The molecule has 0 amide bonds. The van der Waals surface area contributed by atoms with Crippen molar-refractivity contribution in [2.45, 2.75) is 92.4 Å². The maximum atomic E-state index is 5.97. The van der Waals surface area contributed by atoms with E-state index in [0.717, 1.165) is 28.3 Å². The van der Waals surface area contributed by atoms with E-state index in [-0.39, 0.29) is 0 Å². The smallest absolute Gasteiger partial charge is 0.234 e. The van der Waals surface area contributed by atoms with E-state index in [1.54, 1.807) is 6.20 Å². The largest absolute Gasteiger partial charge is 0.436 e. The van der Waals surface area contributed by atoms with Crippen LogP contribution in [0.15, 0.2) is 75.1 Å². The van der Waals surface area contributed by atoms with Crippen LogP contribution in [-0.4, -0.2) is 10.7 Å². The Kier molecular flexibility index (Phi) is 11.7. The van der Waals surface area contributed by atoms with E-state index < -0.39 is 0 Å². The normalized spacial score (nSPS) is 16.5. The molecule has 0 radical (unpaired) electrons. The average Bonchev–Trinajstić information content (AvgIpc) is 3.32. The van der Waals surface area contributed by atoms with E-state index in [1.807, 2.05) is 36.4 Å². The summed E-state index contributed by atoms with van der Waals surface area (Å²) in [5, 5.41) is 0.698. The van der Waals surface area contributed by atoms with Crippen molar-refractivity contribution < 1.29 is 4.42 Å². The van der Waals surface area contributed by atoms with Crippen LogP contribution in [0.4, 0.5) is 0 Å². The van der Waals surface area contributed by atoms with Gasteiger partial charge in [0.05, 0.1) is 17.5 Å². The highest BCUT2D eigenvalue weighted by atomic mass is 35.5. The second-order valence-electron chi connectivity index (χ2n) is 10.4. The molecule has 1 saturated carbocycles. The number of benzene rings is 1. The number of hydrogen-bond acceptors (Lipinski definition) is 3. The molecule has 1 heterocycles. The van der Waals surface area contributed by atoms with E-state index in [9.17, 15) is 0 Å². The molecule has 2 aliphatic rings. The fourth-order valence-corrected chi connectivity index (χ4v) is 5.06. The Balaban J connectivity index is 0.000000414. The Morgan fingerprint density at radius 3 is 2.41 bits per heavy atom. The molecule has 37 heavy (non-hydrogen) atoms. The van der Waals surface area contributed by atoms with Crippen LogP contribution in [0.2, 0.25) is 5.02 Å². The third kappa shape index (κ3) is 9.02. The molecule has 0 spiro atoms. The fourth-order valence-electron chi connectivity index (χ4n) is 4.93. The van der Waals surface area contributed by atoms with Crippen LogP contribution in [-0.2, 0) is 0 Å². The SMILES string of the molecule is CC(=NC1=C(C)C=CC(c2ncc(-c3ccc(Cl)cc3)o2)=C=C1)C1CCCCC1.CCCC(C)CCC. The van der Waals surface area contributed by atoms with Gasteiger partial charge in [-0.05, 0) is 74.4 Å². The van der Waals surface area contributed by atoms with Crippen molar-refractivity contribution in [3.05, 3.63) is 76.6 Å². The Hall–Kier alpha value is -2.61. The van der Waals surface area contributed by atoms with E-state index in [4.69, 9.17) is 21.0 Å². The van der Waals surface area contributed by atoms with Gasteiger partial charge in [0.1, 0.15) is 0 Å². The van der Waals surface area contributed by atoms with Crippen molar-refractivity contribution in [1.29, 1.82) is 0 Å². The maximum absolute atomic E-state index is 5.97. The predicted octanol–water partition coefficient (Wildman–Crippen LogP) is 10.6. The number of aromatic nitrogens is 1. The zero-order valence-electron chi connectivity index (χ0n) is 23.3. The third-order valence-corrected chi connectivity index (χ3v) is 7.44. The molecule has 0 bridgehead atoms. The average molecular weight is 519 g/mol. The predicted molar refractivity (Wildman–Crippen MR) is 159 cm³/mol. The van der Waals surface area contributed by atoms with Crippen molar-refractivity contribution >= 4 is 22.9 Å². The van der Waals surface area contributed by atoms with Gasteiger partial charge in [-0.1, -0.05) is 83.4 Å².